The van der Waals surface area contributed by atoms with E-state index >= 15 is 0 Å². The number of aryl methyl sites for hydroxylation is 1. The minimum absolute atomic E-state index is 0.0524. The van der Waals surface area contributed by atoms with Crippen molar-refractivity contribution in [2.45, 2.75) is 51.6 Å². The molecule has 1 amide bonds. The van der Waals surface area contributed by atoms with E-state index in [1.807, 2.05) is 19.9 Å². The van der Waals surface area contributed by atoms with Crippen LogP contribution in [0.4, 0.5) is 0 Å². The van der Waals surface area contributed by atoms with E-state index in [1.54, 1.807) is 6.26 Å². The standard InChI is InChI=1S/C14H22N2O2/c1-3-9(2)13(15)14(17)16-11-5-4-6-12-10(11)7-8-18-12/h7-9,11,13H,3-6,15H2,1-2H3,(H,16,17). The van der Waals surface area contributed by atoms with E-state index in [4.69, 9.17) is 10.2 Å². The minimum Gasteiger partial charge on any atom is -0.469 e. The number of furan rings is 1. The highest BCUT2D eigenvalue weighted by Gasteiger charge is 2.27. The highest BCUT2D eigenvalue weighted by Crippen LogP contribution is 2.30. The van der Waals surface area contributed by atoms with Gasteiger partial charge in [0.2, 0.25) is 5.91 Å². The summed E-state index contributed by atoms with van der Waals surface area (Å²) in [5.41, 5.74) is 7.06. The van der Waals surface area contributed by atoms with Crippen molar-refractivity contribution in [2.24, 2.45) is 11.7 Å². The van der Waals surface area contributed by atoms with E-state index < -0.39 is 6.04 Å². The predicted octanol–water partition coefficient (Wildman–Crippen LogP) is 2.15. The third-order valence-corrected chi connectivity index (χ3v) is 3.93. The monoisotopic (exact) mass is 250 g/mol. The molecule has 0 aliphatic heterocycles. The van der Waals surface area contributed by atoms with Crippen molar-refractivity contribution >= 4 is 5.91 Å². The summed E-state index contributed by atoms with van der Waals surface area (Å²) in [6.45, 7) is 4.06. The molecule has 4 heteroatoms. The predicted molar refractivity (Wildman–Crippen MR) is 70.0 cm³/mol. The molecule has 4 nitrogen and oxygen atoms in total. The van der Waals surface area contributed by atoms with Gasteiger partial charge in [-0.05, 0) is 24.8 Å². The molecule has 0 saturated carbocycles. The second kappa shape index (κ2) is 5.57. The minimum atomic E-state index is -0.424. The SMILES string of the molecule is CCC(C)C(N)C(=O)NC1CCCc2occc21. The van der Waals surface area contributed by atoms with Gasteiger partial charge in [-0.1, -0.05) is 20.3 Å². The number of carbonyl (C=O) groups is 1. The van der Waals surface area contributed by atoms with Crippen LogP contribution in [0.2, 0.25) is 0 Å². The molecule has 1 aromatic rings. The lowest BCUT2D eigenvalue weighted by atomic mass is 9.92. The van der Waals surface area contributed by atoms with Crippen LogP contribution in [0.5, 0.6) is 0 Å². The normalized spacial score (nSPS) is 22.1. The molecule has 3 atom stereocenters. The van der Waals surface area contributed by atoms with Crippen LogP contribution >= 0.6 is 0 Å². The van der Waals surface area contributed by atoms with Gasteiger partial charge in [0.1, 0.15) is 5.76 Å². The van der Waals surface area contributed by atoms with Crippen molar-refractivity contribution in [1.29, 1.82) is 0 Å². The summed E-state index contributed by atoms with van der Waals surface area (Å²) in [6.07, 6.45) is 5.58. The first-order chi connectivity index (χ1) is 8.63. The van der Waals surface area contributed by atoms with Crippen LogP contribution < -0.4 is 11.1 Å². The fourth-order valence-corrected chi connectivity index (χ4v) is 2.42. The lowest BCUT2D eigenvalue weighted by Crippen LogP contribution is -2.46. The van der Waals surface area contributed by atoms with Crippen molar-refractivity contribution in [1.82, 2.24) is 5.32 Å². The highest BCUT2D eigenvalue weighted by molar-refractivity contribution is 5.82. The van der Waals surface area contributed by atoms with Crippen LogP contribution in [0.3, 0.4) is 0 Å². The van der Waals surface area contributed by atoms with Gasteiger partial charge in [-0.3, -0.25) is 4.79 Å². The van der Waals surface area contributed by atoms with Crippen LogP contribution in [0.15, 0.2) is 16.7 Å². The Kier molecular flexibility index (Phi) is 4.07. The number of fused-ring (bicyclic) bond motifs is 1. The van der Waals surface area contributed by atoms with Crippen molar-refractivity contribution in [3.63, 3.8) is 0 Å². The smallest absolute Gasteiger partial charge is 0.237 e. The zero-order chi connectivity index (χ0) is 13.1. The third-order valence-electron chi connectivity index (χ3n) is 3.93. The molecule has 3 unspecified atom stereocenters. The van der Waals surface area contributed by atoms with Gasteiger partial charge in [0.25, 0.3) is 0 Å². The number of nitrogens with two attached hydrogens (primary N) is 1. The van der Waals surface area contributed by atoms with Gasteiger partial charge in [0, 0.05) is 12.0 Å². The van der Waals surface area contributed by atoms with E-state index in [0.29, 0.717) is 0 Å². The molecule has 1 aliphatic rings. The molecule has 0 saturated heterocycles. The largest absolute Gasteiger partial charge is 0.469 e. The van der Waals surface area contributed by atoms with Gasteiger partial charge in [0.05, 0.1) is 18.3 Å². The van der Waals surface area contributed by atoms with E-state index in [9.17, 15) is 4.79 Å². The molecule has 0 bridgehead atoms. The summed E-state index contributed by atoms with van der Waals surface area (Å²) in [7, 11) is 0. The lowest BCUT2D eigenvalue weighted by Gasteiger charge is -2.25. The topological polar surface area (TPSA) is 68.3 Å². The number of amides is 1. The molecule has 2 rings (SSSR count). The van der Waals surface area contributed by atoms with Crippen molar-refractivity contribution in [3.05, 3.63) is 23.7 Å². The Hall–Kier alpha value is -1.29. The van der Waals surface area contributed by atoms with Gasteiger partial charge < -0.3 is 15.5 Å². The third kappa shape index (κ3) is 2.58. The molecule has 100 valence electrons. The van der Waals surface area contributed by atoms with Gasteiger partial charge in [0.15, 0.2) is 0 Å². The quantitative estimate of drug-likeness (QED) is 0.860. The Morgan fingerprint density at radius 1 is 1.67 bits per heavy atom. The number of nitrogens with one attached hydrogen (secondary N) is 1. The number of hydrogen-bond donors (Lipinski definition) is 2. The molecule has 1 aromatic heterocycles. The maximum absolute atomic E-state index is 12.1. The van der Waals surface area contributed by atoms with Crippen LogP contribution in [-0.2, 0) is 11.2 Å². The van der Waals surface area contributed by atoms with E-state index in [0.717, 1.165) is 37.0 Å². The first-order valence-corrected chi connectivity index (χ1v) is 6.75. The summed E-state index contributed by atoms with van der Waals surface area (Å²) in [5.74, 6) is 1.16. The average Bonchev–Trinajstić information content (AvgIpc) is 2.86. The first kappa shape index (κ1) is 13.1. The van der Waals surface area contributed by atoms with Crippen molar-refractivity contribution < 1.29 is 9.21 Å². The molecule has 0 fully saturated rings. The summed E-state index contributed by atoms with van der Waals surface area (Å²) in [6, 6.07) is 1.59. The Bertz CT molecular complexity index is 414. The summed E-state index contributed by atoms with van der Waals surface area (Å²) in [5, 5.41) is 3.05. The summed E-state index contributed by atoms with van der Waals surface area (Å²) in [4.78, 5) is 12.1. The molecule has 0 radical (unpaired) electrons. The Labute approximate surface area is 108 Å². The van der Waals surface area contributed by atoms with Crippen molar-refractivity contribution in [3.8, 4) is 0 Å². The lowest BCUT2D eigenvalue weighted by molar-refractivity contribution is -0.124. The molecule has 0 spiro atoms. The van der Waals surface area contributed by atoms with E-state index in [2.05, 4.69) is 5.32 Å². The maximum Gasteiger partial charge on any atom is 0.237 e. The zero-order valence-electron chi connectivity index (χ0n) is 11.1. The molecule has 3 N–H and O–H groups in total. The fraction of sp³-hybridized carbons (Fsp3) is 0.643. The van der Waals surface area contributed by atoms with Gasteiger partial charge in [-0.25, -0.2) is 0 Å². The summed E-state index contributed by atoms with van der Waals surface area (Å²) >= 11 is 0. The molecule has 1 aliphatic carbocycles. The molecule has 18 heavy (non-hydrogen) atoms. The van der Waals surface area contributed by atoms with Gasteiger partial charge >= 0.3 is 0 Å². The fourth-order valence-electron chi connectivity index (χ4n) is 2.42. The molecular weight excluding hydrogens is 228 g/mol. The number of hydrogen-bond acceptors (Lipinski definition) is 3. The van der Waals surface area contributed by atoms with Crippen LogP contribution in [0, 0.1) is 5.92 Å². The number of rotatable bonds is 4. The highest BCUT2D eigenvalue weighted by atomic mass is 16.3. The molecule has 0 aromatic carbocycles. The van der Waals surface area contributed by atoms with E-state index in [1.165, 1.54) is 0 Å². The first-order valence-electron chi connectivity index (χ1n) is 6.75. The van der Waals surface area contributed by atoms with Gasteiger partial charge in [-0.15, -0.1) is 0 Å². The Balaban J connectivity index is 2.01. The zero-order valence-corrected chi connectivity index (χ0v) is 11.1. The molecule has 1 heterocycles. The second-order valence-corrected chi connectivity index (χ2v) is 5.16. The van der Waals surface area contributed by atoms with Crippen LogP contribution in [-0.4, -0.2) is 11.9 Å². The van der Waals surface area contributed by atoms with Crippen LogP contribution in [0.25, 0.3) is 0 Å². The second-order valence-electron chi connectivity index (χ2n) is 5.16. The van der Waals surface area contributed by atoms with Crippen molar-refractivity contribution in [2.75, 3.05) is 0 Å². The summed E-state index contributed by atoms with van der Waals surface area (Å²) < 4.78 is 5.41. The van der Waals surface area contributed by atoms with Crippen LogP contribution in [0.1, 0.15) is 50.5 Å². The average molecular weight is 250 g/mol. The molecular formula is C14H22N2O2. The Morgan fingerprint density at radius 2 is 2.44 bits per heavy atom. The van der Waals surface area contributed by atoms with E-state index in [-0.39, 0.29) is 17.9 Å². The Morgan fingerprint density at radius 3 is 3.17 bits per heavy atom. The van der Waals surface area contributed by atoms with Gasteiger partial charge in [-0.2, -0.15) is 0 Å². The maximum atomic E-state index is 12.1. The number of carbonyl (C=O) groups excluding carboxylic acids is 1.